The van der Waals surface area contributed by atoms with Crippen LogP contribution in [0.2, 0.25) is 0 Å². The Labute approximate surface area is 180 Å². The summed E-state index contributed by atoms with van der Waals surface area (Å²) in [4.78, 5) is 38.4. The lowest BCUT2D eigenvalue weighted by molar-refractivity contribution is -0.139. The quantitative estimate of drug-likeness (QED) is 0.700. The Kier molecular flexibility index (Phi) is 4.83. The number of carbonyl (C=O) groups is 2. The molecule has 1 spiro atoms. The largest absolute Gasteiger partial charge is 0.396 e. The van der Waals surface area contributed by atoms with Crippen LogP contribution in [0.15, 0.2) is 55.0 Å². The maximum absolute atomic E-state index is 13.5. The van der Waals surface area contributed by atoms with Gasteiger partial charge in [0, 0.05) is 31.7 Å². The highest BCUT2D eigenvalue weighted by Crippen LogP contribution is 2.53. The zero-order chi connectivity index (χ0) is 21.6. The highest BCUT2D eigenvalue weighted by Gasteiger charge is 2.67. The van der Waals surface area contributed by atoms with Gasteiger partial charge in [0.2, 0.25) is 11.8 Å². The van der Waals surface area contributed by atoms with E-state index in [-0.39, 0.29) is 24.5 Å². The molecule has 3 aliphatic rings. The summed E-state index contributed by atoms with van der Waals surface area (Å²) in [5.74, 6) is -1.32. The number of carbonyl (C=O) groups excluding carboxylic acids is 2. The molecule has 3 aliphatic heterocycles. The van der Waals surface area contributed by atoms with Crippen molar-refractivity contribution >= 4 is 17.5 Å². The van der Waals surface area contributed by atoms with Crippen molar-refractivity contribution in [3.8, 4) is 0 Å². The third-order valence-electron chi connectivity index (χ3n) is 6.43. The molecule has 2 aromatic rings. The fourth-order valence-electron chi connectivity index (χ4n) is 4.96. The van der Waals surface area contributed by atoms with Gasteiger partial charge in [-0.15, -0.1) is 0 Å². The standard InChI is InChI=1S/C23H24N4O4/c1-26(13-16-12-24-9-10-25-16)21(29)19-18-6-8-23(31-18)14-27(22(30)20(19)23)17-4-2-15(3-5-17)7-11-28/h2-6,8-10,12,18-20,28H,7,11,13-14H2,1H3/t18-,19+,20-,23-/m0/s1. The first kappa shape index (κ1) is 19.8. The van der Waals surface area contributed by atoms with Crippen LogP contribution >= 0.6 is 0 Å². The summed E-state index contributed by atoms with van der Waals surface area (Å²) in [5, 5.41) is 9.11. The van der Waals surface area contributed by atoms with E-state index in [1.165, 1.54) is 0 Å². The number of rotatable bonds is 6. The normalized spacial score (nSPS) is 28.3. The fraction of sp³-hybridized carbons (Fsp3) is 0.391. The number of hydrogen-bond acceptors (Lipinski definition) is 6. The molecule has 0 aliphatic carbocycles. The molecule has 0 unspecified atom stereocenters. The second-order valence-electron chi connectivity index (χ2n) is 8.36. The van der Waals surface area contributed by atoms with Gasteiger partial charge in [-0.25, -0.2) is 0 Å². The van der Waals surface area contributed by atoms with Crippen LogP contribution in [-0.4, -0.2) is 63.7 Å². The summed E-state index contributed by atoms with van der Waals surface area (Å²) in [6.45, 7) is 0.795. The molecule has 1 aromatic heterocycles. The number of aliphatic hydroxyl groups is 1. The molecule has 8 heteroatoms. The molecule has 31 heavy (non-hydrogen) atoms. The number of aliphatic hydroxyl groups excluding tert-OH is 1. The molecule has 0 radical (unpaired) electrons. The lowest BCUT2D eigenvalue weighted by atomic mass is 9.76. The van der Waals surface area contributed by atoms with Crippen LogP contribution in [0, 0.1) is 11.8 Å². The molecular weight excluding hydrogens is 396 g/mol. The topological polar surface area (TPSA) is 95.9 Å². The third-order valence-corrected chi connectivity index (χ3v) is 6.43. The first-order chi connectivity index (χ1) is 15.0. The third kappa shape index (κ3) is 3.23. The van der Waals surface area contributed by atoms with Crippen LogP contribution in [0.5, 0.6) is 0 Å². The molecule has 4 heterocycles. The number of anilines is 1. The summed E-state index contributed by atoms with van der Waals surface area (Å²) >= 11 is 0. The van der Waals surface area contributed by atoms with Crippen LogP contribution < -0.4 is 4.90 Å². The number of aromatic nitrogens is 2. The second-order valence-corrected chi connectivity index (χ2v) is 8.36. The summed E-state index contributed by atoms with van der Waals surface area (Å²) in [7, 11) is 1.72. The van der Waals surface area contributed by atoms with E-state index in [1.54, 1.807) is 35.4 Å². The predicted octanol–water partition coefficient (Wildman–Crippen LogP) is 0.956. The first-order valence-corrected chi connectivity index (χ1v) is 10.4. The van der Waals surface area contributed by atoms with Crippen molar-refractivity contribution in [3.63, 3.8) is 0 Å². The van der Waals surface area contributed by atoms with Crippen molar-refractivity contribution in [2.24, 2.45) is 11.8 Å². The van der Waals surface area contributed by atoms with Crippen LogP contribution in [-0.2, 0) is 27.3 Å². The Morgan fingerprint density at radius 1 is 1.32 bits per heavy atom. The lowest BCUT2D eigenvalue weighted by Gasteiger charge is -2.27. The van der Waals surface area contributed by atoms with E-state index >= 15 is 0 Å². The Morgan fingerprint density at radius 3 is 2.84 bits per heavy atom. The van der Waals surface area contributed by atoms with Gasteiger partial charge < -0.3 is 19.6 Å². The van der Waals surface area contributed by atoms with E-state index in [9.17, 15) is 9.59 Å². The average molecular weight is 420 g/mol. The molecule has 1 aromatic carbocycles. The van der Waals surface area contributed by atoms with Gasteiger partial charge in [0.1, 0.15) is 5.60 Å². The predicted molar refractivity (Wildman–Crippen MR) is 112 cm³/mol. The smallest absolute Gasteiger partial charge is 0.234 e. The minimum atomic E-state index is -0.765. The number of ether oxygens (including phenoxy) is 1. The number of amides is 2. The first-order valence-electron chi connectivity index (χ1n) is 10.4. The molecule has 1 N–H and O–H groups in total. The van der Waals surface area contributed by atoms with Gasteiger partial charge in [0.25, 0.3) is 0 Å². The molecule has 0 saturated carbocycles. The van der Waals surface area contributed by atoms with Gasteiger partial charge in [0.15, 0.2) is 0 Å². The molecule has 2 amide bonds. The van der Waals surface area contributed by atoms with Crippen molar-refractivity contribution < 1.29 is 19.4 Å². The molecule has 2 fully saturated rings. The summed E-state index contributed by atoms with van der Waals surface area (Å²) in [6.07, 6.45) is 8.86. The van der Waals surface area contributed by atoms with E-state index in [1.807, 2.05) is 36.4 Å². The van der Waals surface area contributed by atoms with Gasteiger partial charge in [-0.05, 0) is 24.1 Å². The minimum Gasteiger partial charge on any atom is -0.396 e. The minimum absolute atomic E-state index is 0.0824. The molecular formula is C23H24N4O4. The van der Waals surface area contributed by atoms with Gasteiger partial charge in [-0.3, -0.25) is 19.6 Å². The van der Waals surface area contributed by atoms with E-state index < -0.39 is 17.4 Å². The van der Waals surface area contributed by atoms with Gasteiger partial charge in [-0.2, -0.15) is 0 Å². The monoisotopic (exact) mass is 420 g/mol. The summed E-state index contributed by atoms with van der Waals surface area (Å²) < 4.78 is 6.22. The van der Waals surface area contributed by atoms with Gasteiger partial charge >= 0.3 is 0 Å². The van der Waals surface area contributed by atoms with Crippen molar-refractivity contribution in [1.29, 1.82) is 0 Å². The lowest BCUT2D eigenvalue weighted by Crippen LogP contribution is -2.44. The van der Waals surface area contributed by atoms with Crippen molar-refractivity contribution in [1.82, 2.24) is 14.9 Å². The van der Waals surface area contributed by atoms with Crippen LogP contribution in [0.3, 0.4) is 0 Å². The fourth-order valence-corrected chi connectivity index (χ4v) is 4.96. The summed E-state index contributed by atoms with van der Waals surface area (Å²) in [5.41, 5.74) is 1.70. The molecule has 4 atom stereocenters. The van der Waals surface area contributed by atoms with E-state index in [0.29, 0.717) is 25.2 Å². The van der Waals surface area contributed by atoms with Crippen molar-refractivity contribution in [2.75, 3.05) is 25.1 Å². The average Bonchev–Trinajstić information content (AvgIpc) is 3.43. The Balaban J connectivity index is 1.38. The van der Waals surface area contributed by atoms with Gasteiger partial charge in [0.05, 0.1) is 42.9 Å². The molecule has 2 bridgehead atoms. The second kappa shape index (κ2) is 7.55. The zero-order valence-corrected chi connectivity index (χ0v) is 17.2. The van der Waals surface area contributed by atoms with E-state index in [0.717, 1.165) is 11.3 Å². The molecule has 160 valence electrons. The highest BCUT2D eigenvalue weighted by atomic mass is 16.5. The Morgan fingerprint density at radius 2 is 2.13 bits per heavy atom. The number of fused-ring (bicyclic) bond motifs is 1. The number of nitrogens with zero attached hydrogens (tertiary/aromatic N) is 4. The van der Waals surface area contributed by atoms with Crippen LogP contribution in [0.25, 0.3) is 0 Å². The Bertz CT molecular complexity index is 1030. The van der Waals surface area contributed by atoms with Crippen molar-refractivity contribution in [3.05, 3.63) is 66.3 Å². The molecule has 8 nitrogen and oxygen atoms in total. The van der Waals surface area contributed by atoms with E-state index in [4.69, 9.17) is 9.84 Å². The van der Waals surface area contributed by atoms with Crippen LogP contribution in [0.4, 0.5) is 5.69 Å². The molecule has 2 saturated heterocycles. The van der Waals surface area contributed by atoms with E-state index in [2.05, 4.69) is 9.97 Å². The van der Waals surface area contributed by atoms with Crippen LogP contribution in [0.1, 0.15) is 11.3 Å². The maximum Gasteiger partial charge on any atom is 0.234 e. The SMILES string of the molecule is CN(Cc1cnccn1)C(=O)[C@@H]1[C@@H]2C=C[C@@]3(CN(c4ccc(CCO)cc4)C(=O)[C@H]13)O2. The summed E-state index contributed by atoms with van der Waals surface area (Å²) in [6, 6.07) is 7.59. The zero-order valence-electron chi connectivity index (χ0n) is 17.2. The number of hydrogen-bond donors (Lipinski definition) is 1. The van der Waals surface area contributed by atoms with Gasteiger partial charge in [-0.1, -0.05) is 24.3 Å². The van der Waals surface area contributed by atoms with Crippen molar-refractivity contribution in [2.45, 2.75) is 24.7 Å². The molecule has 5 rings (SSSR count). The maximum atomic E-state index is 13.5. The Hall–Kier alpha value is -3.10. The highest BCUT2D eigenvalue weighted by molar-refractivity contribution is 6.03. The number of benzene rings is 1.